The number of anilines is 3. The van der Waals surface area contributed by atoms with E-state index in [1.807, 2.05) is 12.1 Å². The number of aromatic nitrogens is 3. The van der Waals surface area contributed by atoms with Gasteiger partial charge in [-0.3, -0.25) is 0 Å². The molecule has 0 unspecified atom stereocenters. The van der Waals surface area contributed by atoms with Crippen LogP contribution < -0.4 is 10.2 Å². The normalized spacial score (nSPS) is 14.5. The molecule has 1 saturated heterocycles. The summed E-state index contributed by atoms with van der Waals surface area (Å²) in [6.07, 6.45) is 5.36. The van der Waals surface area contributed by atoms with Crippen LogP contribution in [0.4, 0.5) is 17.5 Å². The molecule has 1 N–H and O–H groups in total. The molecule has 0 saturated carbocycles. The molecule has 0 atom stereocenters. The second-order valence-corrected chi connectivity index (χ2v) is 5.00. The number of benzene rings is 1. The van der Waals surface area contributed by atoms with E-state index in [4.69, 9.17) is 5.26 Å². The van der Waals surface area contributed by atoms with Crippen LogP contribution in [0.5, 0.6) is 0 Å². The quantitative estimate of drug-likeness (QED) is 0.930. The molecule has 2 aromatic rings. The summed E-state index contributed by atoms with van der Waals surface area (Å²) in [7, 11) is 0. The Balaban J connectivity index is 1.77. The van der Waals surface area contributed by atoms with Gasteiger partial charge < -0.3 is 10.2 Å². The van der Waals surface area contributed by atoms with Crippen LogP contribution in [0.3, 0.4) is 0 Å². The van der Waals surface area contributed by atoms with Crippen molar-refractivity contribution in [3.8, 4) is 6.07 Å². The number of hydrogen-bond donors (Lipinski definition) is 1. The Bertz CT molecular complexity index is 657. The molecule has 0 amide bonds. The summed E-state index contributed by atoms with van der Waals surface area (Å²) < 4.78 is 0. The highest BCUT2D eigenvalue weighted by Crippen LogP contribution is 2.19. The molecule has 0 radical (unpaired) electrons. The van der Waals surface area contributed by atoms with Gasteiger partial charge >= 0.3 is 0 Å². The van der Waals surface area contributed by atoms with E-state index in [-0.39, 0.29) is 0 Å². The maximum Gasteiger partial charge on any atom is 0.249 e. The SMILES string of the molecule is N#Cc1cccc(Nc2nncc(N3CCCCC3)n2)c1. The number of hydrogen-bond acceptors (Lipinski definition) is 6. The smallest absolute Gasteiger partial charge is 0.249 e. The van der Waals surface area contributed by atoms with Gasteiger partial charge in [0, 0.05) is 18.8 Å². The van der Waals surface area contributed by atoms with Crippen LogP contribution in [0.25, 0.3) is 0 Å². The van der Waals surface area contributed by atoms with Crippen molar-refractivity contribution in [3.05, 3.63) is 36.0 Å². The van der Waals surface area contributed by atoms with E-state index in [9.17, 15) is 0 Å². The fourth-order valence-corrected chi connectivity index (χ4v) is 2.42. The van der Waals surface area contributed by atoms with Crippen molar-refractivity contribution in [2.45, 2.75) is 19.3 Å². The molecule has 2 heterocycles. The van der Waals surface area contributed by atoms with Crippen LogP contribution in [-0.2, 0) is 0 Å². The lowest BCUT2D eigenvalue weighted by Crippen LogP contribution is -2.30. The van der Waals surface area contributed by atoms with Gasteiger partial charge in [0.05, 0.1) is 17.8 Å². The molecular formula is C15H16N6. The number of piperidine rings is 1. The van der Waals surface area contributed by atoms with E-state index in [0.717, 1.165) is 24.6 Å². The number of rotatable bonds is 3. The second kappa shape index (κ2) is 6.18. The van der Waals surface area contributed by atoms with Gasteiger partial charge in [-0.1, -0.05) is 6.07 Å². The molecule has 0 spiro atoms. The van der Waals surface area contributed by atoms with Crippen molar-refractivity contribution in [2.75, 3.05) is 23.3 Å². The van der Waals surface area contributed by atoms with Gasteiger partial charge in [0.25, 0.3) is 0 Å². The molecular weight excluding hydrogens is 264 g/mol. The Kier molecular flexibility index (Phi) is 3.92. The first-order chi connectivity index (χ1) is 10.3. The van der Waals surface area contributed by atoms with E-state index in [0.29, 0.717) is 11.5 Å². The molecule has 1 fully saturated rings. The van der Waals surface area contributed by atoms with Gasteiger partial charge in [-0.15, -0.1) is 5.10 Å². The van der Waals surface area contributed by atoms with E-state index >= 15 is 0 Å². The zero-order chi connectivity index (χ0) is 14.5. The van der Waals surface area contributed by atoms with E-state index in [1.165, 1.54) is 19.3 Å². The summed E-state index contributed by atoms with van der Waals surface area (Å²) in [5.74, 6) is 1.30. The Morgan fingerprint density at radius 3 is 2.86 bits per heavy atom. The van der Waals surface area contributed by atoms with Gasteiger partial charge in [-0.2, -0.15) is 15.3 Å². The van der Waals surface area contributed by atoms with Gasteiger partial charge in [-0.25, -0.2) is 0 Å². The topological polar surface area (TPSA) is 77.7 Å². The molecule has 6 heteroatoms. The molecule has 6 nitrogen and oxygen atoms in total. The van der Waals surface area contributed by atoms with Crippen molar-refractivity contribution in [1.82, 2.24) is 15.2 Å². The van der Waals surface area contributed by atoms with Crippen molar-refractivity contribution in [1.29, 1.82) is 5.26 Å². The number of nitrogens with zero attached hydrogens (tertiary/aromatic N) is 5. The average molecular weight is 280 g/mol. The Morgan fingerprint density at radius 2 is 2.05 bits per heavy atom. The highest BCUT2D eigenvalue weighted by molar-refractivity contribution is 5.57. The van der Waals surface area contributed by atoms with Crippen molar-refractivity contribution in [3.63, 3.8) is 0 Å². The van der Waals surface area contributed by atoms with E-state index < -0.39 is 0 Å². The highest BCUT2D eigenvalue weighted by atomic mass is 15.3. The van der Waals surface area contributed by atoms with Crippen LogP contribution in [0, 0.1) is 11.3 Å². The average Bonchev–Trinajstić information content (AvgIpc) is 2.56. The monoisotopic (exact) mass is 280 g/mol. The largest absolute Gasteiger partial charge is 0.355 e. The van der Waals surface area contributed by atoms with E-state index in [2.05, 4.69) is 31.5 Å². The third-order valence-electron chi connectivity index (χ3n) is 3.47. The van der Waals surface area contributed by atoms with Crippen LogP contribution in [0.2, 0.25) is 0 Å². The van der Waals surface area contributed by atoms with Crippen molar-refractivity contribution >= 4 is 17.5 Å². The van der Waals surface area contributed by atoms with Crippen LogP contribution in [0.1, 0.15) is 24.8 Å². The van der Waals surface area contributed by atoms with Crippen LogP contribution in [-0.4, -0.2) is 28.3 Å². The second-order valence-electron chi connectivity index (χ2n) is 5.00. The lowest BCUT2D eigenvalue weighted by Gasteiger charge is -2.27. The molecule has 1 aliphatic rings. The van der Waals surface area contributed by atoms with Gasteiger partial charge in [-0.05, 0) is 37.5 Å². The van der Waals surface area contributed by atoms with Gasteiger partial charge in [0.15, 0.2) is 5.82 Å². The van der Waals surface area contributed by atoms with Gasteiger partial charge in [0.1, 0.15) is 0 Å². The first kappa shape index (κ1) is 13.3. The fourth-order valence-electron chi connectivity index (χ4n) is 2.42. The van der Waals surface area contributed by atoms with E-state index in [1.54, 1.807) is 18.3 Å². The minimum Gasteiger partial charge on any atom is -0.355 e. The van der Waals surface area contributed by atoms with Crippen LogP contribution >= 0.6 is 0 Å². The summed E-state index contributed by atoms with van der Waals surface area (Å²) in [6, 6.07) is 9.33. The van der Waals surface area contributed by atoms with Gasteiger partial charge in [0.2, 0.25) is 5.95 Å². The zero-order valence-corrected chi connectivity index (χ0v) is 11.7. The lowest BCUT2D eigenvalue weighted by molar-refractivity contribution is 0.572. The standard InChI is InChI=1S/C15H16N6/c16-10-12-5-4-6-13(9-12)18-15-19-14(11-17-20-15)21-7-2-1-3-8-21/h4-6,9,11H,1-3,7-8H2,(H,18,19,20). The minimum absolute atomic E-state index is 0.452. The molecule has 3 rings (SSSR count). The predicted molar refractivity (Wildman–Crippen MR) is 80.3 cm³/mol. The first-order valence-corrected chi connectivity index (χ1v) is 7.07. The Morgan fingerprint density at radius 1 is 1.19 bits per heavy atom. The van der Waals surface area contributed by atoms with Crippen molar-refractivity contribution < 1.29 is 0 Å². The first-order valence-electron chi connectivity index (χ1n) is 7.07. The highest BCUT2D eigenvalue weighted by Gasteiger charge is 2.13. The summed E-state index contributed by atoms with van der Waals surface area (Å²) in [4.78, 5) is 6.74. The summed E-state index contributed by atoms with van der Waals surface area (Å²) >= 11 is 0. The Hall–Kier alpha value is -2.68. The molecule has 0 bridgehead atoms. The fraction of sp³-hybridized carbons (Fsp3) is 0.333. The molecule has 1 aliphatic heterocycles. The maximum atomic E-state index is 8.91. The third-order valence-corrected chi connectivity index (χ3v) is 3.47. The molecule has 106 valence electrons. The lowest BCUT2D eigenvalue weighted by atomic mass is 10.1. The summed E-state index contributed by atoms with van der Waals surface area (Å²) in [5.41, 5.74) is 1.38. The summed E-state index contributed by atoms with van der Waals surface area (Å²) in [6.45, 7) is 2.03. The molecule has 1 aromatic heterocycles. The number of nitrogens with one attached hydrogen (secondary N) is 1. The summed E-state index contributed by atoms with van der Waals surface area (Å²) in [5, 5.41) is 20.0. The zero-order valence-electron chi connectivity index (χ0n) is 11.7. The third kappa shape index (κ3) is 3.26. The predicted octanol–water partition coefficient (Wildman–Crippen LogP) is 2.48. The molecule has 1 aromatic carbocycles. The Labute approximate surface area is 123 Å². The van der Waals surface area contributed by atoms with Crippen molar-refractivity contribution in [2.24, 2.45) is 0 Å². The maximum absolute atomic E-state index is 8.91. The van der Waals surface area contributed by atoms with Crippen LogP contribution in [0.15, 0.2) is 30.5 Å². The molecule has 0 aliphatic carbocycles. The number of nitriles is 1. The molecule has 21 heavy (non-hydrogen) atoms. The minimum atomic E-state index is 0.452.